The molecule has 0 spiro atoms. The first-order chi connectivity index (χ1) is 19.3. The second-order valence-electron chi connectivity index (χ2n) is 11.9. The summed E-state index contributed by atoms with van der Waals surface area (Å²) in [5.74, 6) is -0.358. The Hall–Kier alpha value is -3.98. The van der Waals surface area contributed by atoms with E-state index in [-0.39, 0.29) is 16.5 Å². The van der Waals surface area contributed by atoms with Gasteiger partial charge in [-0.25, -0.2) is 19.2 Å². The van der Waals surface area contributed by atoms with Gasteiger partial charge in [-0.1, -0.05) is 17.7 Å². The standard InChI is InChI=1S/C31H33ClFN5O3/c1-30(2,3)38-17-22(19-7-10-23(32)24(33)15-19)21-9-11-25(35-27(21)38)28(39)37-14-13-36(18-31(37,4)5)26-12-8-20(16-34-26)29(40)41-6/h7-12,15-17H,13-14,18H2,1-6H3. The lowest BCUT2D eigenvalue weighted by Gasteiger charge is -2.47. The third-order valence-corrected chi connectivity index (χ3v) is 7.77. The van der Waals surface area contributed by atoms with Crippen molar-refractivity contribution in [1.29, 1.82) is 0 Å². The number of anilines is 1. The molecule has 1 amide bonds. The van der Waals surface area contributed by atoms with E-state index in [2.05, 4.69) is 30.7 Å². The molecule has 1 aromatic carbocycles. The number of hydrogen-bond donors (Lipinski definition) is 0. The summed E-state index contributed by atoms with van der Waals surface area (Å²) in [5.41, 5.74) is 2.03. The van der Waals surface area contributed by atoms with Crippen molar-refractivity contribution in [3.63, 3.8) is 0 Å². The maximum atomic E-state index is 14.3. The molecule has 8 nitrogen and oxygen atoms in total. The number of benzene rings is 1. The molecule has 4 heterocycles. The fourth-order valence-corrected chi connectivity index (χ4v) is 5.42. The third-order valence-electron chi connectivity index (χ3n) is 7.46. The van der Waals surface area contributed by atoms with Gasteiger partial charge < -0.3 is 19.1 Å². The zero-order valence-electron chi connectivity index (χ0n) is 24.0. The average molecular weight is 578 g/mol. The Kier molecular flexibility index (Phi) is 7.27. The normalized spacial score (nSPS) is 15.3. The van der Waals surface area contributed by atoms with Gasteiger partial charge in [0.1, 0.15) is 23.0 Å². The molecule has 5 rings (SSSR count). The molecule has 10 heteroatoms. The number of rotatable bonds is 4. The molecule has 0 aliphatic carbocycles. The Morgan fingerprint density at radius 2 is 1.83 bits per heavy atom. The quantitative estimate of drug-likeness (QED) is 0.270. The van der Waals surface area contributed by atoms with Crippen molar-refractivity contribution in [3.05, 3.63) is 77.0 Å². The number of ether oxygens (including phenoxy) is 1. The van der Waals surface area contributed by atoms with E-state index in [9.17, 15) is 14.0 Å². The van der Waals surface area contributed by atoms with Crippen LogP contribution in [0.5, 0.6) is 0 Å². The molecule has 4 aromatic rings. The van der Waals surface area contributed by atoms with E-state index >= 15 is 0 Å². The van der Waals surface area contributed by atoms with Crippen LogP contribution in [0.3, 0.4) is 0 Å². The van der Waals surface area contributed by atoms with Crippen LogP contribution in [0.4, 0.5) is 10.2 Å². The van der Waals surface area contributed by atoms with Crippen LogP contribution in [0.25, 0.3) is 22.2 Å². The first kappa shape index (κ1) is 28.5. The average Bonchev–Trinajstić information content (AvgIpc) is 3.33. The molecule has 0 radical (unpaired) electrons. The minimum absolute atomic E-state index is 0.0658. The number of hydrogen-bond acceptors (Lipinski definition) is 6. The fourth-order valence-electron chi connectivity index (χ4n) is 5.30. The summed E-state index contributed by atoms with van der Waals surface area (Å²) in [7, 11) is 1.34. The van der Waals surface area contributed by atoms with E-state index in [0.29, 0.717) is 42.1 Å². The summed E-state index contributed by atoms with van der Waals surface area (Å²) >= 11 is 5.93. The number of nitrogens with zero attached hydrogens (tertiary/aromatic N) is 5. The van der Waals surface area contributed by atoms with Crippen molar-refractivity contribution in [2.24, 2.45) is 0 Å². The zero-order valence-corrected chi connectivity index (χ0v) is 24.8. The van der Waals surface area contributed by atoms with Crippen molar-refractivity contribution in [3.8, 4) is 11.1 Å². The molecule has 0 unspecified atom stereocenters. The second-order valence-corrected chi connectivity index (χ2v) is 12.3. The van der Waals surface area contributed by atoms with Crippen LogP contribution in [-0.4, -0.2) is 63.6 Å². The Morgan fingerprint density at radius 1 is 1.07 bits per heavy atom. The largest absolute Gasteiger partial charge is 0.465 e. The Labute approximate surface area is 243 Å². The van der Waals surface area contributed by atoms with Crippen LogP contribution in [0, 0.1) is 5.82 Å². The van der Waals surface area contributed by atoms with E-state index in [1.165, 1.54) is 19.4 Å². The number of halogens is 2. The number of methoxy groups -OCH3 is 1. The molecule has 1 aliphatic rings. The topological polar surface area (TPSA) is 80.6 Å². The van der Waals surface area contributed by atoms with Crippen LogP contribution in [0.2, 0.25) is 5.02 Å². The highest BCUT2D eigenvalue weighted by molar-refractivity contribution is 6.30. The van der Waals surface area contributed by atoms with Gasteiger partial charge in [-0.3, -0.25) is 4.79 Å². The molecule has 1 aliphatic heterocycles. The van der Waals surface area contributed by atoms with Crippen molar-refractivity contribution in [2.75, 3.05) is 31.6 Å². The highest BCUT2D eigenvalue weighted by Gasteiger charge is 2.38. The molecule has 3 aromatic heterocycles. The van der Waals surface area contributed by atoms with Gasteiger partial charge in [0.25, 0.3) is 5.91 Å². The monoisotopic (exact) mass is 577 g/mol. The predicted molar refractivity (Wildman–Crippen MR) is 158 cm³/mol. The lowest BCUT2D eigenvalue weighted by Crippen LogP contribution is -2.61. The lowest BCUT2D eigenvalue weighted by molar-refractivity contribution is 0.0506. The predicted octanol–water partition coefficient (Wildman–Crippen LogP) is 6.17. The molecule has 0 atom stereocenters. The minimum atomic E-state index is -0.521. The van der Waals surface area contributed by atoms with Gasteiger partial charge in [0.2, 0.25) is 0 Å². The van der Waals surface area contributed by atoms with E-state index in [1.807, 2.05) is 35.6 Å². The van der Waals surface area contributed by atoms with E-state index < -0.39 is 17.3 Å². The van der Waals surface area contributed by atoms with Crippen LogP contribution in [0.1, 0.15) is 55.5 Å². The van der Waals surface area contributed by atoms with E-state index in [0.717, 1.165) is 16.8 Å². The van der Waals surface area contributed by atoms with Crippen LogP contribution in [0.15, 0.2) is 54.9 Å². The molecule has 0 bridgehead atoms. The van der Waals surface area contributed by atoms with Crippen LogP contribution >= 0.6 is 11.6 Å². The molecule has 0 saturated carbocycles. The van der Waals surface area contributed by atoms with Crippen molar-refractivity contribution in [2.45, 2.75) is 45.7 Å². The second kappa shape index (κ2) is 10.4. The Bertz CT molecular complexity index is 1640. The summed E-state index contributed by atoms with van der Waals surface area (Å²) in [5, 5.41) is 0.889. The molecule has 1 saturated heterocycles. The highest BCUT2D eigenvalue weighted by atomic mass is 35.5. The fraction of sp³-hybridized carbons (Fsp3) is 0.355. The number of carbonyl (C=O) groups excluding carboxylic acids is 2. The van der Waals surface area contributed by atoms with Gasteiger partial charge in [0, 0.05) is 48.5 Å². The summed E-state index contributed by atoms with van der Waals surface area (Å²) in [6.07, 6.45) is 3.46. The maximum absolute atomic E-state index is 14.3. The smallest absolute Gasteiger partial charge is 0.339 e. The Morgan fingerprint density at radius 3 is 2.44 bits per heavy atom. The van der Waals surface area contributed by atoms with Crippen molar-refractivity contribution >= 4 is 40.3 Å². The zero-order chi connectivity index (χ0) is 29.7. The number of carbonyl (C=O) groups is 2. The Balaban J connectivity index is 1.44. The SMILES string of the molecule is COC(=O)c1ccc(N2CCN(C(=O)c3ccc4c(-c5ccc(Cl)c(F)c5)cn(C(C)(C)C)c4n3)C(C)(C)C2)nc1. The van der Waals surface area contributed by atoms with Gasteiger partial charge >= 0.3 is 5.97 Å². The maximum Gasteiger partial charge on any atom is 0.339 e. The molecular weight excluding hydrogens is 545 g/mol. The van der Waals surface area contributed by atoms with Crippen molar-refractivity contribution in [1.82, 2.24) is 19.4 Å². The number of piperazine rings is 1. The van der Waals surface area contributed by atoms with Gasteiger partial charge in [-0.2, -0.15) is 0 Å². The summed E-state index contributed by atoms with van der Waals surface area (Å²) in [6.45, 7) is 11.8. The number of pyridine rings is 2. The first-order valence-corrected chi connectivity index (χ1v) is 13.8. The number of amides is 1. The van der Waals surface area contributed by atoms with Crippen LogP contribution in [-0.2, 0) is 10.3 Å². The van der Waals surface area contributed by atoms with E-state index in [1.54, 1.807) is 30.3 Å². The highest BCUT2D eigenvalue weighted by Crippen LogP contribution is 2.35. The number of esters is 1. The number of fused-ring (bicyclic) bond motifs is 1. The molecule has 41 heavy (non-hydrogen) atoms. The third kappa shape index (κ3) is 5.38. The van der Waals surface area contributed by atoms with Gasteiger partial charge in [-0.15, -0.1) is 0 Å². The summed E-state index contributed by atoms with van der Waals surface area (Å²) in [6, 6.07) is 11.9. The lowest BCUT2D eigenvalue weighted by atomic mass is 9.97. The van der Waals surface area contributed by atoms with Crippen molar-refractivity contribution < 1.29 is 18.7 Å². The van der Waals surface area contributed by atoms with E-state index in [4.69, 9.17) is 21.3 Å². The summed E-state index contributed by atoms with van der Waals surface area (Å²) in [4.78, 5) is 38.9. The van der Waals surface area contributed by atoms with Gasteiger partial charge in [0.15, 0.2) is 0 Å². The minimum Gasteiger partial charge on any atom is -0.465 e. The first-order valence-electron chi connectivity index (χ1n) is 13.4. The molecule has 1 fully saturated rings. The van der Waals surface area contributed by atoms with Crippen LogP contribution < -0.4 is 4.90 Å². The number of aromatic nitrogens is 3. The molecule has 214 valence electrons. The van der Waals surface area contributed by atoms with Gasteiger partial charge in [0.05, 0.1) is 23.2 Å². The van der Waals surface area contributed by atoms with Gasteiger partial charge in [-0.05, 0) is 76.6 Å². The molecule has 0 N–H and O–H groups in total. The molecular formula is C31H33ClFN5O3. The summed E-state index contributed by atoms with van der Waals surface area (Å²) < 4.78 is 21.1.